The third-order valence-corrected chi connectivity index (χ3v) is 5.86. The summed E-state index contributed by atoms with van der Waals surface area (Å²) in [5, 5.41) is 4.27. The molecule has 0 radical (unpaired) electrons. The van der Waals surface area contributed by atoms with E-state index >= 15 is 4.39 Å². The number of rotatable bonds is 3. The molecule has 1 aliphatic rings. The summed E-state index contributed by atoms with van der Waals surface area (Å²) in [5.74, 6) is 1.17. The molecule has 4 aromatic heterocycles. The Labute approximate surface area is 182 Å². The number of nitrogens with zero attached hydrogens (tertiary/aromatic N) is 6. The minimum Gasteiger partial charge on any atom is -0.383 e. The third kappa shape index (κ3) is 2.78. The zero-order chi connectivity index (χ0) is 21.8. The molecule has 1 atom stereocenters. The zero-order valence-electron chi connectivity index (χ0n) is 17.0. The van der Waals surface area contributed by atoms with Gasteiger partial charge in [-0.1, -0.05) is 0 Å². The Balaban J connectivity index is 1.66. The number of aryl methyl sites for hydroxylation is 1. The molecule has 0 amide bonds. The molecule has 0 aliphatic heterocycles. The molecule has 0 bridgehead atoms. The summed E-state index contributed by atoms with van der Waals surface area (Å²) in [6.07, 6.45) is 6.57. The topological polar surface area (TPSA) is 113 Å². The normalized spacial score (nSPS) is 15.4. The molecular formula is C23H19FN8. The fourth-order valence-corrected chi connectivity index (χ4v) is 4.38. The summed E-state index contributed by atoms with van der Waals surface area (Å²) in [4.78, 5) is 13.8. The van der Waals surface area contributed by atoms with Crippen molar-refractivity contribution in [3.63, 3.8) is 0 Å². The maximum atomic E-state index is 15.1. The Hall–Kier alpha value is -4.11. The molecule has 4 N–H and O–H groups in total. The van der Waals surface area contributed by atoms with Gasteiger partial charge >= 0.3 is 0 Å². The minimum atomic E-state index is -0.322. The average Bonchev–Trinajstić information content (AvgIpc) is 3.52. The highest BCUT2D eigenvalue weighted by molar-refractivity contribution is 5.83. The van der Waals surface area contributed by atoms with Crippen molar-refractivity contribution in [1.82, 2.24) is 29.3 Å². The minimum absolute atomic E-state index is 0.281. The van der Waals surface area contributed by atoms with Gasteiger partial charge < -0.3 is 11.5 Å². The summed E-state index contributed by atoms with van der Waals surface area (Å²) >= 11 is 0. The second kappa shape index (κ2) is 6.96. The van der Waals surface area contributed by atoms with Crippen LogP contribution < -0.4 is 11.5 Å². The van der Waals surface area contributed by atoms with Crippen LogP contribution in [0.2, 0.25) is 0 Å². The van der Waals surface area contributed by atoms with Crippen molar-refractivity contribution in [2.24, 2.45) is 5.73 Å². The Bertz CT molecular complexity index is 1470. The Morgan fingerprint density at radius 2 is 1.97 bits per heavy atom. The lowest BCUT2D eigenvalue weighted by Crippen LogP contribution is -2.09. The van der Waals surface area contributed by atoms with Crippen LogP contribution in [0.25, 0.3) is 34.1 Å². The first-order valence-corrected chi connectivity index (χ1v) is 10.3. The van der Waals surface area contributed by atoms with Crippen LogP contribution in [0.4, 0.5) is 10.2 Å². The predicted octanol–water partition coefficient (Wildman–Crippen LogP) is 3.34. The second-order valence-corrected chi connectivity index (χ2v) is 7.82. The lowest BCUT2D eigenvalue weighted by Gasteiger charge is -2.14. The van der Waals surface area contributed by atoms with E-state index in [9.17, 15) is 0 Å². The molecule has 0 saturated carbocycles. The van der Waals surface area contributed by atoms with Gasteiger partial charge in [-0.15, -0.1) is 0 Å². The fourth-order valence-electron chi connectivity index (χ4n) is 4.38. The number of nitrogen functional groups attached to an aromatic ring is 1. The number of aromatic nitrogens is 6. The first kappa shape index (κ1) is 18.6. The van der Waals surface area contributed by atoms with Gasteiger partial charge in [0.05, 0.1) is 11.3 Å². The maximum Gasteiger partial charge on any atom is 0.167 e. The van der Waals surface area contributed by atoms with Crippen molar-refractivity contribution >= 4 is 17.0 Å². The number of nitrogens with two attached hydrogens (primary N) is 2. The smallest absolute Gasteiger partial charge is 0.167 e. The Kier molecular flexibility index (Phi) is 4.05. The van der Waals surface area contributed by atoms with Crippen molar-refractivity contribution in [3.8, 4) is 22.9 Å². The van der Waals surface area contributed by atoms with Gasteiger partial charge in [0.2, 0.25) is 0 Å². The van der Waals surface area contributed by atoms with Crippen LogP contribution in [0.5, 0.6) is 0 Å². The largest absolute Gasteiger partial charge is 0.383 e. The number of hydrogen-bond donors (Lipinski definition) is 2. The first-order valence-electron chi connectivity index (χ1n) is 10.3. The molecule has 1 aliphatic carbocycles. The molecule has 1 aromatic carbocycles. The number of pyridine rings is 2. The predicted molar refractivity (Wildman–Crippen MR) is 119 cm³/mol. The summed E-state index contributed by atoms with van der Waals surface area (Å²) < 4.78 is 18.6. The Morgan fingerprint density at radius 3 is 2.78 bits per heavy atom. The van der Waals surface area contributed by atoms with Gasteiger partial charge in [-0.2, -0.15) is 5.10 Å². The highest BCUT2D eigenvalue weighted by Gasteiger charge is 2.26. The monoisotopic (exact) mass is 426 g/mol. The van der Waals surface area contributed by atoms with Crippen LogP contribution in [0, 0.1) is 5.82 Å². The molecule has 5 aromatic rings. The van der Waals surface area contributed by atoms with Gasteiger partial charge in [0.15, 0.2) is 17.3 Å². The molecule has 8 nitrogen and oxygen atoms in total. The average molecular weight is 426 g/mol. The number of benzene rings is 1. The van der Waals surface area contributed by atoms with Gasteiger partial charge in [0.1, 0.15) is 17.2 Å². The number of fused-ring (bicyclic) bond motifs is 2. The molecule has 6 rings (SSSR count). The second-order valence-electron chi connectivity index (χ2n) is 7.82. The summed E-state index contributed by atoms with van der Waals surface area (Å²) in [6.45, 7) is 0. The number of anilines is 1. The third-order valence-electron chi connectivity index (χ3n) is 5.86. The summed E-state index contributed by atoms with van der Waals surface area (Å²) in [7, 11) is 0. The van der Waals surface area contributed by atoms with E-state index in [2.05, 4.69) is 10.1 Å². The van der Waals surface area contributed by atoms with E-state index in [1.807, 2.05) is 41.1 Å². The maximum absolute atomic E-state index is 15.1. The summed E-state index contributed by atoms with van der Waals surface area (Å²) in [6, 6.07) is 12.3. The van der Waals surface area contributed by atoms with Gasteiger partial charge in [0.25, 0.3) is 0 Å². The van der Waals surface area contributed by atoms with Crippen LogP contribution in [0.1, 0.15) is 23.6 Å². The zero-order valence-corrected chi connectivity index (χ0v) is 17.0. The lowest BCUT2D eigenvalue weighted by atomic mass is 10.1. The van der Waals surface area contributed by atoms with Crippen LogP contribution in [0.15, 0.2) is 61.1 Å². The SMILES string of the molecule is Nc1ncccc1-c1nc2ccc(-n3cccn3)nc2n1-c1cc(F)c2c(c1)CC[C@@H]2N. The van der Waals surface area contributed by atoms with E-state index in [1.165, 1.54) is 6.07 Å². The lowest BCUT2D eigenvalue weighted by molar-refractivity contribution is 0.588. The number of imidazole rings is 1. The fraction of sp³-hybridized carbons (Fsp3) is 0.130. The van der Waals surface area contributed by atoms with Crippen LogP contribution in [-0.2, 0) is 6.42 Å². The van der Waals surface area contributed by atoms with E-state index in [4.69, 9.17) is 21.4 Å². The van der Waals surface area contributed by atoms with E-state index < -0.39 is 0 Å². The molecule has 0 unspecified atom stereocenters. The molecule has 9 heteroatoms. The first-order chi connectivity index (χ1) is 15.6. The molecular weight excluding hydrogens is 407 g/mol. The highest BCUT2D eigenvalue weighted by Crippen LogP contribution is 2.36. The van der Waals surface area contributed by atoms with E-state index in [1.54, 1.807) is 23.1 Å². The van der Waals surface area contributed by atoms with Crippen LogP contribution in [-0.4, -0.2) is 29.3 Å². The molecule has 4 heterocycles. The van der Waals surface area contributed by atoms with Gasteiger partial charge in [-0.25, -0.2) is 24.0 Å². The standard InChI is InChI=1S/C23H19FN8/c24-16-12-14(11-13-4-5-17(25)20(13)16)32-22(15-3-1-8-27-21(15)26)29-18-6-7-19(30-23(18)32)31-10-2-9-28-31/h1-3,6-12,17H,4-5,25H2,(H2,26,27)/t17-/m0/s1. The quantitative estimate of drug-likeness (QED) is 0.457. The number of halogens is 1. The number of hydrogen-bond acceptors (Lipinski definition) is 6. The van der Waals surface area contributed by atoms with Crippen LogP contribution >= 0.6 is 0 Å². The van der Waals surface area contributed by atoms with Crippen LogP contribution in [0.3, 0.4) is 0 Å². The van der Waals surface area contributed by atoms with E-state index in [-0.39, 0.29) is 11.9 Å². The molecule has 32 heavy (non-hydrogen) atoms. The molecule has 158 valence electrons. The van der Waals surface area contributed by atoms with Gasteiger partial charge in [-0.05, 0) is 60.9 Å². The van der Waals surface area contributed by atoms with Crippen molar-refractivity contribution in [1.29, 1.82) is 0 Å². The van der Waals surface area contributed by atoms with Crippen molar-refractivity contribution in [3.05, 3.63) is 78.0 Å². The highest BCUT2D eigenvalue weighted by atomic mass is 19.1. The van der Waals surface area contributed by atoms with Crippen molar-refractivity contribution in [2.75, 3.05) is 5.73 Å². The molecule has 0 spiro atoms. The van der Waals surface area contributed by atoms with Crippen molar-refractivity contribution < 1.29 is 4.39 Å². The van der Waals surface area contributed by atoms with E-state index in [0.29, 0.717) is 45.4 Å². The summed E-state index contributed by atoms with van der Waals surface area (Å²) in [5.41, 5.74) is 16.3. The van der Waals surface area contributed by atoms with Gasteiger partial charge in [-0.3, -0.25) is 4.57 Å². The Morgan fingerprint density at radius 1 is 1.06 bits per heavy atom. The molecule has 0 saturated heterocycles. The molecule has 0 fully saturated rings. The van der Waals surface area contributed by atoms with Gasteiger partial charge in [0, 0.05) is 30.2 Å². The van der Waals surface area contributed by atoms with Crippen molar-refractivity contribution in [2.45, 2.75) is 18.9 Å². The van der Waals surface area contributed by atoms with E-state index in [0.717, 1.165) is 18.4 Å².